The zero-order chi connectivity index (χ0) is 15.2. The van der Waals surface area contributed by atoms with Crippen LogP contribution in [0.15, 0.2) is 18.7 Å². The van der Waals surface area contributed by atoms with Crippen molar-refractivity contribution in [1.82, 2.24) is 0 Å². The Morgan fingerprint density at radius 2 is 1.90 bits per heavy atom. The highest BCUT2D eigenvalue weighted by atomic mass is 15.2. The van der Waals surface area contributed by atoms with Gasteiger partial charge in [-0.1, -0.05) is 51.3 Å². The van der Waals surface area contributed by atoms with Crippen molar-refractivity contribution in [3.05, 3.63) is 35.4 Å². The van der Waals surface area contributed by atoms with Crippen LogP contribution in [0, 0.1) is 6.92 Å². The lowest BCUT2D eigenvalue weighted by atomic mass is 9.92. The normalized spacial score (nSPS) is 16.0. The van der Waals surface area contributed by atoms with Crippen molar-refractivity contribution in [2.24, 2.45) is 0 Å². The minimum Gasteiger partial charge on any atom is -0.369 e. The Hall–Kier alpha value is -1.24. The molecule has 116 valence electrons. The van der Waals surface area contributed by atoms with Gasteiger partial charge in [-0.2, -0.15) is 0 Å². The zero-order valence-corrected chi connectivity index (χ0v) is 14.1. The summed E-state index contributed by atoms with van der Waals surface area (Å²) in [5.41, 5.74) is 5.70. The van der Waals surface area contributed by atoms with Crippen LogP contribution in [0.2, 0.25) is 0 Å². The van der Waals surface area contributed by atoms with Crippen LogP contribution in [0.5, 0.6) is 0 Å². The lowest BCUT2D eigenvalue weighted by molar-refractivity contribution is 0.418. The van der Waals surface area contributed by atoms with E-state index in [-0.39, 0.29) is 0 Å². The highest BCUT2D eigenvalue weighted by Gasteiger charge is 2.22. The number of anilines is 1. The predicted octanol–water partition coefficient (Wildman–Crippen LogP) is 5.75. The molecule has 0 atom stereocenters. The molecule has 21 heavy (non-hydrogen) atoms. The van der Waals surface area contributed by atoms with E-state index in [4.69, 9.17) is 0 Å². The Balaban J connectivity index is 2.38. The largest absolute Gasteiger partial charge is 0.369 e. The van der Waals surface area contributed by atoms with Gasteiger partial charge >= 0.3 is 0 Å². The van der Waals surface area contributed by atoms with Crippen LogP contribution < -0.4 is 4.90 Å². The lowest BCUT2D eigenvalue weighted by Gasteiger charge is -2.37. The SMILES string of the molecule is C=Cc1cc(CCC)c(C)c(N(CC)C2CCCCC2)c1. The fourth-order valence-electron chi connectivity index (χ4n) is 3.74. The number of hydrogen-bond acceptors (Lipinski definition) is 1. The Labute approximate surface area is 131 Å². The molecular formula is C20H31N. The maximum Gasteiger partial charge on any atom is 0.0407 e. The first kappa shape index (κ1) is 16.1. The van der Waals surface area contributed by atoms with Crippen molar-refractivity contribution in [1.29, 1.82) is 0 Å². The number of rotatable bonds is 6. The summed E-state index contributed by atoms with van der Waals surface area (Å²) >= 11 is 0. The molecule has 0 amide bonds. The minimum atomic E-state index is 0.733. The van der Waals surface area contributed by atoms with Gasteiger partial charge in [-0.25, -0.2) is 0 Å². The Morgan fingerprint density at radius 3 is 2.48 bits per heavy atom. The third-order valence-corrected chi connectivity index (χ3v) is 4.93. The van der Waals surface area contributed by atoms with Gasteiger partial charge in [-0.15, -0.1) is 0 Å². The van der Waals surface area contributed by atoms with E-state index in [9.17, 15) is 0 Å². The molecule has 0 heterocycles. The fourth-order valence-corrected chi connectivity index (χ4v) is 3.74. The maximum absolute atomic E-state index is 3.98. The topological polar surface area (TPSA) is 3.24 Å². The molecule has 0 unspecified atom stereocenters. The van der Waals surface area contributed by atoms with E-state index in [0.717, 1.165) is 12.6 Å². The monoisotopic (exact) mass is 285 g/mol. The zero-order valence-electron chi connectivity index (χ0n) is 14.1. The first-order valence-electron chi connectivity index (χ1n) is 8.73. The van der Waals surface area contributed by atoms with E-state index in [1.807, 2.05) is 6.08 Å². The Bertz CT molecular complexity index is 469. The van der Waals surface area contributed by atoms with Crippen LogP contribution in [-0.4, -0.2) is 12.6 Å². The average Bonchev–Trinajstić information content (AvgIpc) is 2.52. The molecular weight excluding hydrogens is 254 g/mol. The molecule has 0 radical (unpaired) electrons. The van der Waals surface area contributed by atoms with Gasteiger partial charge in [-0.3, -0.25) is 0 Å². The highest BCUT2D eigenvalue weighted by Crippen LogP contribution is 2.32. The standard InChI is InChI=1S/C20H31N/c1-5-11-18-14-17(6-2)15-20(16(18)4)21(7-3)19-12-9-8-10-13-19/h6,14-15,19H,2,5,7-13H2,1,3-4H3. The fraction of sp³-hybridized carbons (Fsp3) is 0.600. The van der Waals surface area contributed by atoms with Gasteiger partial charge < -0.3 is 4.90 Å². The summed E-state index contributed by atoms with van der Waals surface area (Å²) < 4.78 is 0. The minimum absolute atomic E-state index is 0.733. The summed E-state index contributed by atoms with van der Waals surface area (Å²) in [7, 11) is 0. The molecule has 0 aliphatic heterocycles. The summed E-state index contributed by atoms with van der Waals surface area (Å²) in [5, 5.41) is 0. The molecule has 0 N–H and O–H groups in total. The second kappa shape index (κ2) is 7.68. The van der Waals surface area contributed by atoms with Crippen molar-refractivity contribution in [2.75, 3.05) is 11.4 Å². The molecule has 1 aliphatic carbocycles. The van der Waals surface area contributed by atoms with Crippen LogP contribution in [0.4, 0.5) is 5.69 Å². The van der Waals surface area contributed by atoms with E-state index in [2.05, 4.69) is 44.4 Å². The quantitative estimate of drug-likeness (QED) is 0.643. The van der Waals surface area contributed by atoms with Crippen LogP contribution in [0.1, 0.15) is 69.1 Å². The van der Waals surface area contributed by atoms with Gasteiger partial charge in [0, 0.05) is 18.3 Å². The van der Waals surface area contributed by atoms with Crippen molar-refractivity contribution in [3.63, 3.8) is 0 Å². The maximum atomic E-state index is 3.98. The van der Waals surface area contributed by atoms with E-state index in [1.54, 1.807) is 0 Å². The summed E-state index contributed by atoms with van der Waals surface area (Å²) in [6.45, 7) is 12.0. The summed E-state index contributed by atoms with van der Waals surface area (Å²) in [4.78, 5) is 2.65. The van der Waals surface area contributed by atoms with Crippen LogP contribution in [-0.2, 0) is 6.42 Å². The smallest absolute Gasteiger partial charge is 0.0407 e. The summed E-state index contributed by atoms with van der Waals surface area (Å²) in [5.74, 6) is 0. The molecule has 1 saturated carbocycles. The van der Waals surface area contributed by atoms with E-state index < -0.39 is 0 Å². The van der Waals surface area contributed by atoms with Crippen molar-refractivity contribution >= 4 is 11.8 Å². The molecule has 0 aromatic heterocycles. The number of hydrogen-bond donors (Lipinski definition) is 0. The second-order valence-electron chi connectivity index (χ2n) is 6.36. The van der Waals surface area contributed by atoms with Crippen molar-refractivity contribution in [2.45, 2.75) is 71.8 Å². The van der Waals surface area contributed by atoms with E-state index >= 15 is 0 Å². The molecule has 0 spiro atoms. The van der Waals surface area contributed by atoms with Gasteiger partial charge in [0.15, 0.2) is 0 Å². The summed E-state index contributed by atoms with van der Waals surface area (Å²) in [6.07, 6.45) is 11.3. The van der Waals surface area contributed by atoms with Crippen molar-refractivity contribution in [3.8, 4) is 0 Å². The predicted molar refractivity (Wildman–Crippen MR) is 95.2 cm³/mol. The number of aryl methyl sites for hydroxylation is 1. The van der Waals surface area contributed by atoms with Gasteiger partial charge in [0.05, 0.1) is 0 Å². The van der Waals surface area contributed by atoms with Gasteiger partial charge in [0.25, 0.3) is 0 Å². The van der Waals surface area contributed by atoms with Crippen LogP contribution in [0.3, 0.4) is 0 Å². The second-order valence-corrected chi connectivity index (χ2v) is 6.36. The molecule has 2 rings (SSSR count). The first-order valence-corrected chi connectivity index (χ1v) is 8.73. The summed E-state index contributed by atoms with van der Waals surface area (Å²) in [6, 6.07) is 5.40. The molecule has 0 saturated heterocycles. The van der Waals surface area contributed by atoms with Crippen LogP contribution in [0.25, 0.3) is 6.08 Å². The molecule has 0 bridgehead atoms. The Kier molecular flexibility index (Phi) is 5.90. The Morgan fingerprint density at radius 1 is 1.19 bits per heavy atom. The van der Waals surface area contributed by atoms with Gasteiger partial charge in [0.2, 0.25) is 0 Å². The molecule has 1 aromatic rings. The highest BCUT2D eigenvalue weighted by molar-refractivity contribution is 5.64. The third-order valence-electron chi connectivity index (χ3n) is 4.93. The van der Waals surface area contributed by atoms with Crippen LogP contribution >= 0.6 is 0 Å². The lowest BCUT2D eigenvalue weighted by Crippen LogP contribution is -2.37. The first-order chi connectivity index (χ1) is 10.2. The third kappa shape index (κ3) is 3.70. The molecule has 1 nitrogen and oxygen atoms in total. The van der Waals surface area contributed by atoms with E-state index in [0.29, 0.717) is 0 Å². The van der Waals surface area contributed by atoms with E-state index in [1.165, 1.54) is 67.3 Å². The molecule has 1 aliphatic rings. The molecule has 1 aromatic carbocycles. The van der Waals surface area contributed by atoms with Crippen molar-refractivity contribution < 1.29 is 0 Å². The average molecular weight is 285 g/mol. The number of benzene rings is 1. The number of nitrogens with zero attached hydrogens (tertiary/aromatic N) is 1. The van der Waals surface area contributed by atoms with Gasteiger partial charge in [-0.05, 0) is 55.9 Å². The van der Waals surface area contributed by atoms with Gasteiger partial charge in [0.1, 0.15) is 0 Å². The molecule has 1 fully saturated rings. The molecule has 1 heteroatoms.